The molecule has 5 heteroatoms. The normalized spacial score (nSPS) is 10.6. The highest BCUT2D eigenvalue weighted by Gasteiger charge is 2.07. The lowest BCUT2D eigenvalue weighted by molar-refractivity contribution is 0.0951. The van der Waals surface area contributed by atoms with Crippen LogP contribution in [0.5, 0.6) is 0 Å². The van der Waals surface area contributed by atoms with Gasteiger partial charge in [0.05, 0.1) is 5.56 Å². The second-order valence-corrected chi connectivity index (χ2v) is 6.33. The standard InChI is InChI=1S/C20H25N3O2/c1-14(2)16-7-9-17(10-8-16)19(24)21-11-4-12-22-20(25)18-6-5-15(3)23-13-18/h5-10,13-14H,4,11-12H2,1-3H3,(H,21,24)(H,22,25). The lowest BCUT2D eigenvalue weighted by Gasteiger charge is -2.09. The van der Waals surface area contributed by atoms with Crippen molar-refractivity contribution >= 4 is 11.8 Å². The fourth-order valence-corrected chi connectivity index (χ4v) is 2.32. The molecule has 0 atom stereocenters. The molecule has 0 radical (unpaired) electrons. The van der Waals surface area contributed by atoms with E-state index in [1.54, 1.807) is 18.3 Å². The molecule has 2 N–H and O–H groups in total. The second-order valence-electron chi connectivity index (χ2n) is 6.33. The Kier molecular flexibility index (Phi) is 6.69. The molecule has 2 rings (SSSR count). The molecule has 0 bridgehead atoms. The summed E-state index contributed by atoms with van der Waals surface area (Å²) in [5, 5.41) is 5.69. The van der Waals surface area contributed by atoms with Crippen LogP contribution in [0.2, 0.25) is 0 Å². The molecule has 0 unspecified atom stereocenters. The molecule has 0 saturated heterocycles. The van der Waals surface area contributed by atoms with Gasteiger partial charge in [-0.2, -0.15) is 0 Å². The molecule has 2 aromatic rings. The smallest absolute Gasteiger partial charge is 0.252 e. The van der Waals surface area contributed by atoms with Crippen LogP contribution in [-0.2, 0) is 0 Å². The van der Waals surface area contributed by atoms with Crippen LogP contribution in [0.25, 0.3) is 0 Å². The van der Waals surface area contributed by atoms with Gasteiger partial charge in [0.15, 0.2) is 0 Å². The first kappa shape index (κ1) is 18.6. The van der Waals surface area contributed by atoms with Gasteiger partial charge in [-0.25, -0.2) is 0 Å². The van der Waals surface area contributed by atoms with Gasteiger partial charge in [0, 0.05) is 30.5 Å². The summed E-state index contributed by atoms with van der Waals surface area (Å²) < 4.78 is 0. The molecule has 25 heavy (non-hydrogen) atoms. The van der Waals surface area contributed by atoms with Gasteiger partial charge in [-0.1, -0.05) is 26.0 Å². The van der Waals surface area contributed by atoms with Crippen molar-refractivity contribution in [2.24, 2.45) is 0 Å². The van der Waals surface area contributed by atoms with Crippen molar-refractivity contribution in [1.82, 2.24) is 15.6 Å². The van der Waals surface area contributed by atoms with Crippen molar-refractivity contribution in [2.45, 2.75) is 33.1 Å². The van der Waals surface area contributed by atoms with E-state index in [0.29, 0.717) is 36.6 Å². The van der Waals surface area contributed by atoms with Gasteiger partial charge in [0.2, 0.25) is 0 Å². The number of hydrogen-bond acceptors (Lipinski definition) is 3. The van der Waals surface area contributed by atoms with E-state index in [1.165, 1.54) is 5.56 Å². The average molecular weight is 339 g/mol. The van der Waals surface area contributed by atoms with E-state index in [1.807, 2.05) is 31.2 Å². The zero-order chi connectivity index (χ0) is 18.2. The van der Waals surface area contributed by atoms with Crippen LogP contribution < -0.4 is 10.6 Å². The number of aromatic nitrogens is 1. The van der Waals surface area contributed by atoms with E-state index in [4.69, 9.17) is 0 Å². The number of pyridine rings is 1. The number of carbonyl (C=O) groups is 2. The largest absolute Gasteiger partial charge is 0.352 e. The summed E-state index contributed by atoms with van der Waals surface area (Å²) >= 11 is 0. The zero-order valence-electron chi connectivity index (χ0n) is 15.0. The molecule has 0 aliphatic heterocycles. The molecular weight excluding hydrogens is 314 g/mol. The molecule has 1 aromatic heterocycles. The molecule has 0 spiro atoms. The van der Waals surface area contributed by atoms with E-state index < -0.39 is 0 Å². The Balaban J connectivity index is 1.69. The van der Waals surface area contributed by atoms with Gasteiger partial charge < -0.3 is 10.6 Å². The van der Waals surface area contributed by atoms with E-state index in [2.05, 4.69) is 29.5 Å². The molecule has 2 amide bonds. The van der Waals surface area contributed by atoms with Crippen molar-refractivity contribution in [1.29, 1.82) is 0 Å². The maximum Gasteiger partial charge on any atom is 0.252 e. The molecule has 0 fully saturated rings. The van der Waals surface area contributed by atoms with Crippen LogP contribution in [0.15, 0.2) is 42.6 Å². The first-order valence-electron chi connectivity index (χ1n) is 8.56. The summed E-state index contributed by atoms with van der Waals surface area (Å²) in [6.07, 6.45) is 2.23. The van der Waals surface area contributed by atoms with E-state index >= 15 is 0 Å². The van der Waals surface area contributed by atoms with Gasteiger partial charge in [-0.15, -0.1) is 0 Å². The minimum absolute atomic E-state index is 0.0932. The minimum atomic E-state index is -0.150. The van der Waals surface area contributed by atoms with E-state index in [0.717, 1.165) is 5.69 Å². The molecule has 0 saturated carbocycles. The van der Waals surface area contributed by atoms with Crippen LogP contribution in [0.1, 0.15) is 58.2 Å². The lowest BCUT2D eigenvalue weighted by atomic mass is 10.0. The fraction of sp³-hybridized carbons (Fsp3) is 0.350. The highest BCUT2D eigenvalue weighted by atomic mass is 16.2. The Morgan fingerprint density at radius 1 is 0.920 bits per heavy atom. The highest BCUT2D eigenvalue weighted by Crippen LogP contribution is 2.14. The number of nitrogens with one attached hydrogen (secondary N) is 2. The van der Waals surface area contributed by atoms with Gasteiger partial charge in [0.25, 0.3) is 11.8 Å². The van der Waals surface area contributed by atoms with Crippen LogP contribution >= 0.6 is 0 Å². The van der Waals surface area contributed by atoms with Crippen molar-refractivity contribution < 1.29 is 9.59 Å². The number of rotatable bonds is 7. The Labute approximate surface area is 148 Å². The van der Waals surface area contributed by atoms with Gasteiger partial charge in [-0.3, -0.25) is 14.6 Å². The summed E-state index contributed by atoms with van der Waals surface area (Å²) in [5.41, 5.74) is 3.28. The fourth-order valence-electron chi connectivity index (χ4n) is 2.32. The Morgan fingerprint density at radius 3 is 2.00 bits per heavy atom. The van der Waals surface area contributed by atoms with E-state index in [9.17, 15) is 9.59 Å². The lowest BCUT2D eigenvalue weighted by Crippen LogP contribution is -2.30. The maximum atomic E-state index is 12.1. The molecule has 132 valence electrons. The SMILES string of the molecule is Cc1ccc(C(=O)NCCCNC(=O)c2ccc(C(C)C)cc2)cn1. The average Bonchev–Trinajstić information content (AvgIpc) is 2.61. The van der Waals surface area contributed by atoms with Crippen LogP contribution in [0.4, 0.5) is 0 Å². The number of hydrogen-bond donors (Lipinski definition) is 2. The maximum absolute atomic E-state index is 12.1. The number of nitrogens with zero attached hydrogens (tertiary/aromatic N) is 1. The highest BCUT2D eigenvalue weighted by molar-refractivity contribution is 5.94. The van der Waals surface area contributed by atoms with Gasteiger partial charge in [0.1, 0.15) is 0 Å². The molecule has 1 aromatic carbocycles. The van der Waals surface area contributed by atoms with Crippen molar-refractivity contribution in [3.63, 3.8) is 0 Å². The molecule has 0 aliphatic carbocycles. The minimum Gasteiger partial charge on any atom is -0.352 e. The monoisotopic (exact) mass is 339 g/mol. The topological polar surface area (TPSA) is 71.1 Å². The number of carbonyl (C=O) groups excluding carboxylic acids is 2. The summed E-state index contributed by atoms with van der Waals surface area (Å²) in [5.74, 6) is 0.205. The first-order chi connectivity index (χ1) is 12.0. The van der Waals surface area contributed by atoms with Gasteiger partial charge in [-0.05, 0) is 49.1 Å². The third-order valence-corrected chi connectivity index (χ3v) is 3.94. The molecule has 1 heterocycles. The van der Waals surface area contributed by atoms with Gasteiger partial charge >= 0.3 is 0 Å². The molecule has 0 aliphatic rings. The summed E-state index contributed by atoms with van der Waals surface area (Å²) in [7, 11) is 0. The third kappa shape index (κ3) is 5.71. The van der Waals surface area contributed by atoms with Crippen LogP contribution in [0.3, 0.4) is 0 Å². The molecular formula is C20H25N3O2. The summed E-state index contributed by atoms with van der Waals surface area (Å²) in [4.78, 5) is 28.1. The number of benzene rings is 1. The quantitative estimate of drug-likeness (QED) is 0.762. The predicted molar refractivity (Wildman–Crippen MR) is 98.8 cm³/mol. The zero-order valence-corrected chi connectivity index (χ0v) is 15.0. The summed E-state index contributed by atoms with van der Waals surface area (Å²) in [6.45, 7) is 7.13. The number of amides is 2. The first-order valence-corrected chi connectivity index (χ1v) is 8.56. The predicted octanol–water partition coefficient (Wildman–Crippen LogP) is 3.06. The molecule has 5 nitrogen and oxygen atoms in total. The Bertz CT molecular complexity index is 707. The second kappa shape index (κ2) is 8.97. The van der Waals surface area contributed by atoms with Crippen LogP contribution in [0, 0.1) is 6.92 Å². The summed E-state index contributed by atoms with van der Waals surface area (Å²) in [6, 6.07) is 11.2. The van der Waals surface area contributed by atoms with Crippen LogP contribution in [-0.4, -0.2) is 29.9 Å². The Hall–Kier alpha value is -2.69. The van der Waals surface area contributed by atoms with Crippen molar-refractivity contribution in [3.05, 3.63) is 65.0 Å². The van der Waals surface area contributed by atoms with Crippen molar-refractivity contribution in [3.8, 4) is 0 Å². The third-order valence-electron chi connectivity index (χ3n) is 3.94. The Morgan fingerprint density at radius 2 is 1.48 bits per heavy atom. The number of aryl methyl sites for hydroxylation is 1. The van der Waals surface area contributed by atoms with E-state index in [-0.39, 0.29) is 11.8 Å². The van der Waals surface area contributed by atoms with Crippen molar-refractivity contribution in [2.75, 3.05) is 13.1 Å².